The van der Waals surface area contributed by atoms with Gasteiger partial charge in [0.1, 0.15) is 5.75 Å². The average molecular weight is 425 g/mol. The fraction of sp³-hybridized carbons (Fsp3) is 0.364. The lowest BCUT2D eigenvalue weighted by Gasteiger charge is -2.36. The van der Waals surface area contributed by atoms with E-state index in [2.05, 4.69) is 9.89 Å². The Morgan fingerprint density at radius 1 is 1.16 bits per heavy atom. The van der Waals surface area contributed by atoms with E-state index in [1.807, 2.05) is 36.1 Å². The fourth-order valence-electron chi connectivity index (χ4n) is 3.40. The van der Waals surface area contributed by atoms with Crippen LogP contribution in [0.4, 0.5) is 17.1 Å². The third-order valence-electron chi connectivity index (χ3n) is 5.08. The summed E-state index contributed by atoms with van der Waals surface area (Å²) in [5.74, 6) is -0.322. The highest BCUT2D eigenvalue weighted by Crippen LogP contribution is 2.32. The van der Waals surface area contributed by atoms with Gasteiger partial charge in [-0.3, -0.25) is 19.9 Å². The lowest BCUT2D eigenvalue weighted by atomic mass is 10.1. The van der Waals surface area contributed by atoms with Crippen LogP contribution >= 0.6 is 0 Å². The fourth-order valence-corrected chi connectivity index (χ4v) is 3.40. The van der Waals surface area contributed by atoms with Crippen molar-refractivity contribution < 1.29 is 19.6 Å². The molecule has 164 valence electrons. The van der Waals surface area contributed by atoms with Crippen molar-refractivity contribution >= 4 is 29.2 Å². The monoisotopic (exact) mass is 425 g/mol. The Morgan fingerprint density at radius 3 is 2.42 bits per heavy atom. The van der Waals surface area contributed by atoms with Crippen LogP contribution in [0.1, 0.15) is 25.8 Å². The SMILES string of the molecule is CCOc1cc([N+](=O)[O-])cc(C=Nc2ccc(N3CCN(C(=O)CC)CC3)cc2)c1[O-]. The number of rotatable bonds is 7. The van der Waals surface area contributed by atoms with Crippen LogP contribution in [0.3, 0.4) is 0 Å². The maximum atomic E-state index is 12.4. The Balaban J connectivity index is 1.71. The highest BCUT2D eigenvalue weighted by atomic mass is 16.6. The van der Waals surface area contributed by atoms with Gasteiger partial charge in [-0.25, -0.2) is 0 Å². The first kappa shape index (κ1) is 22.1. The summed E-state index contributed by atoms with van der Waals surface area (Å²) in [6, 6.07) is 9.83. The normalized spacial score (nSPS) is 14.1. The van der Waals surface area contributed by atoms with Crippen LogP contribution in [0.25, 0.3) is 0 Å². The number of piperazine rings is 1. The molecule has 0 bridgehead atoms. The van der Waals surface area contributed by atoms with Crippen LogP contribution in [0.15, 0.2) is 41.4 Å². The van der Waals surface area contributed by atoms with Crippen LogP contribution in [-0.4, -0.2) is 54.7 Å². The largest absolute Gasteiger partial charge is 0.870 e. The Kier molecular flexibility index (Phi) is 7.07. The van der Waals surface area contributed by atoms with Gasteiger partial charge < -0.3 is 19.6 Å². The van der Waals surface area contributed by atoms with Gasteiger partial charge in [0.15, 0.2) is 0 Å². The summed E-state index contributed by atoms with van der Waals surface area (Å²) in [6.45, 7) is 6.74. The standard InChI is InChI=1S/C22H26N4O5/c1-3-21(27)25-11-9-24(10-12-25)18-7-5-17(6-8-18)23-15-16-13-19(26(29)30)14-20(22(16)28)31-4-2/h5-8,13-15,28H,3-4,9-12H2,1-2H3/p-1. The van der Waals surface area contributed by atoms with Gasteiger partial charge in [-0.2, -0.15) is 0 Å². The van der Waals surface area contributed by atoms with E-state index in [0.717, 1.165) is 24.8 Å². The summed E-state index contributed by atoms with van der Waals surface area (Å²) >= 11 is 0. The van der Waals surface area contributed by atoms with E-state index >= 15 is 0 Å². The number of nitrogens with zero attached hydrogens (tertiary/aromatic N) is 4. The molecule has 1 aliphatic rings. The number of carbonyl (C=O) groups is 1. The first-order valence-corrected chi connectivity index (χ1v) is 10.2. The molecule has 0 unspecified atom stereocenters. The van der Waals surface area contributed by atoms with Crippen LogP contribution in [0.2, 0.25) is 0 Å². The van der Waals surface area contributed by atoms with Crippen LogP contribution in [-0.2, 0) is 4.79 Å². The number of nitro groups is 1. The molecule has 0 radical (unpaired) electrons. The lowest BCUT2D eigenvalue weighted by molar-refractivity contribution is -0.385. The van der Waals surface area contributed by atoms with E-state index in [1.165, 1.54) is 12.3 Å². The lowest BCUT2D eigenvalue weighted by Crippen LogP contribution is -2.48. The third kappa shape index (κ3) is 5.30. The Morgan fingerprint density at radius 2 is 1.84 bits per heavy atom. The number of hydrogen-bond donors (Lipinski definition) is 0. The zero-order valence-electron chi connectivity index (χ0n) is 17.6. The molecule has 3 rings (SSSR count). The number of anilines is 1. The van der Waals surface area contributed by atoms with Crippen molar-refractivity contribution in [3.63, 3.8) is 0 Å². The third-order valence-corrected chi connectivity index (χ3v) is 5.08. The molecule has 1 saturated heterocycles. The maximum absolute atomic E-state index is 12.4. The molecule has 31 heavy (non-hydrogen) atoms. The zero-order chi connectivity index (χ0) is 22.4. The zero-order valence-corrected chi connectivity index (χ0v) is 17.6. The van der Waals surface area contributed by atoms with Crippen LogP contribution < -0.4 is 14.7 Å². The average Bonchev–Trinajstić information content (AvgIpc) is 2.79. The molecule has 1 fully saturated rings. The van der Waals surface area contributed by atoms with E-state index in [9.17, 15) is 20.0 Å². The molecule has 0 N–H and O–H groups in total. The molecular weight excluding hydrogens is 400 g/mol. The number of non-ortho nitro benzene ring substituents is 1. The number of ether oxygens (including phenoxy) is 1. The van der Waals surface area contributed by atoms with E-state index in [-0.39, 0.29) is 29.5 Å². The summed E-state index contributed by atoms with van der Waals surface area (Å²) in [4.78, 5) is 30.8. The van der Waals surface area contributed by atoms with Gasteiger partial charge in [-0.05, 0) is 36.8 Å². The predicted octanol–water partition coefficient (Wildman–Crippen LogP) is 2.88. The van der Waals surface area contributed by atoms with Crippen molar-refractivity contribution in [3.8, 4) is 11.5 Å². The smallest absolute Gasteiger partial charge is 0.273 e. The number of benzene rings is 2. The Labute approximate surface area is 180 Å². The first-order chi connectivity index (χ1) is 14.9. The Hall–Kier alpha value is -3.62. The highest BCUT2D eigenvalue weighted by molar-refractivity contribution is 5.87. The molecule has 0 aliphatic carbocycles. The minimum absolute atomic E-state index is 0.0609. The van der Waals surface area contributed by atoms with Crippen molar-refractivity contribution in [2.75, 3.05) is 37.7 Å². The van der Waals surface area contributed by atoms with E-state index in [4.69, 9.17) is 4.74 Å². The molecule has 1 aliphatic heterocycles. The second-order valence-corrected chi connectivity index (χ2v) is 7.05. The highest BCUT2D eigenvalue weighted by Gasteiger charge is 2.20. The number of nitro benzene ring substituents is 1. The van der Waals surface area contributed by atoms with E-state index in [0.29, 0.717) is 25.2 Å². The molecule has 0 atom stereocenters. The molecule has 1 heterocycles. The first-order valence-electron chi connectivity index (χ1n) is 10.2. The maximum Gasteiger partial charge on any atom is 0.273 e. The Bertz CT molecular complexity index is 967. The van der Waals surface area contributed by atoms with E-state index < -0.39 is 10.7 Å². The van der Waals surface area contributed by atoms with E-state index in [1.54, 1.807) is 6.92 Å². The summed E-state index contributed by atoms with van der Waals surface area (Å²) in [6.07, 6.45) is 1.84. The number of aliphatic imine (C=N–C) groups is 1. The van der Waals surface area contributed by atoms with Crippen molar-refractivity contribution in [3.05, 3.63) is 52.1 Å². The second kappa shape index (κ2) is 9.92. The predicted molar refractivity (Wildman–Crippen MR) is 116 cm³/mol. The van der Waals surface area contributed by atoms with Crippen molar-refractivity contribution in [2.45, 2.75) is 20.3 Å². The molecule has 2 aromatic carbocycles. The summed E-state index contributed by atoms with van der Waals surface area (Å²) in [5.41, 5.74) is 1.52. The minimum Gasteiger partial charge on any atom is -0.870 e. The summed E-state index contributed by atoms with van der Waals surface area (Å²) in [7, 11) is 0. The van der Waals surface area contributed by atoms with Crippen molar-refractivity contribution in [1.82, 2.24) is 4.90 Å². The van der Waals surface area contributed by atoms with Crippen molar-refractivity contribution in [1.29, 1.82) is 0 Å². The van der Waals surface area contributed by atoms with Gasteiger partial charge in [0.2, 0.25) is 5.91 Å². The topological polar surface area (TPSA) is 111 Å². The van der Waals surface area contributed by atoms with Crippen molar-refractivity contribution in [2.24, 2.45) is 4.99 Å². The number of carbonyl (C=O) groups excluding carboxylic acids is 1. The van der Waals surface area contributed by atoms with Crippen LogP contribution in [0.5, 0.6) is 11.5 Å². The molecule has 0 spiro atoms. The van der Waals surface area contributed by atoms with Gasteiger partial charge >= 0.3 is 0 Å². The molecular formula is C22H25N4O5-. The van der Waals surface area contributed by atoms with Gasteiger partial charge in [0.25, 0.3) is 5.69 Å². The van der Waals surface area contributed by atoms with Gasteiger partial charge in [-0.15, -0.1) is 0 Å². The number of hydrogen-bond acceptors (Lipinski definition) is 7. The molecule has 1 amide bonds. The minimum atomic E-state index is -0.568. The summed E-state index contributed by atoms with van der Waals surface area (Å²) < 4.78 is 5.22. The molecule has 9 heteroatoms. The van der Waals surface area contributed by atoms with Gasteiger partial charge in [0, 0.05) is 50.6 Å². The molecule has 2 aromatic rings. The van der Waals surface area contributed by atoms with Crippen LogP contribution in [0, 0.1) is 10.1 Å². The second-order valence-electron chi connectivity index (χ2n) is 7.05. The molecule has 0 saturated carbocycles. The molecule has 9 nitrogen and oxygen atoms in total. The molecule has 0 aromatic heterocycles. The van der Waals surface area contributed by atoms with Gasteiger partial charge in [-0.1, -0.05) is 12.7 Å². The quantitative estimate of drug-likeness (QED) is 0.383. The number of amides is 1. The van der Waals surface area contributed by atoms with Gasteiger partial charge in [0.05, 0.1) is 23.3 Å². The summed E-state index contributed by atoms with van der Waals surface area (Å²) in [5, 5.41) is 23.6.